The van der Waals surface area contributed by atoms with Crippen LogP contribution in [0.25, 0.3) is 0 Å². The van der Waals surface area contributed by atoms with Crippen LogP contribution >= 0.6 is 23.2 Å². The number of hydrogen-bond acceptors (Lipinski definition) is 2. The number of halogens is 2. The van der Waals surface area contributed by atoms with Crippen molar-refractivity contribution in [1.29, 1.82) is 0 Å². The quantitative estimate of drug-likeness (QED) is 0.823. The fourth-order valence-electron chi connectivity index (χ4n) is 3.45. The minimum absolute atomic E-state index is 0.0493. The van der Waals surface area contributed by atoms with Gasteiger partial charge in [-0.05, 0) is 43.0 Å². The molecule has 1 aromatic rings. The van der Waals surface area contributed by atoms with Crippen LogP contribution in [0.1, 0.15) is 18.4 Å². The molecule has 0 bridgehead atoms. The molecule has 1 saturated heterocycles. The van der Waals surface area contributed by atoms with Crippen molar-refractivity contribution < 1.29 is 5.11 Å². The molecular formula is C13H15Cl2NO. The van der Waals surface area contributed by atoms with Gasteiger partial charge in [0.15, 0.2) is 0 Å². The van der Waals surface area contributed by atoms with E-state index in [0.717, 1.165) is 25.9 Å². The fraction of sp³-hybridized carbons (Fsp3) is 0.538. The molecule has 92 valence electrons. The Hall–Kier alpha value is -0.280. The van der Waals surface area contributed by atoms with E-state index >= 15 is 0 Å². The van der Waals surface area contributed by atoms with E-state index in [9.17, 15) is 5.11 Å². The van der Waals surface area contributed by atoms with Gasteiger partial charge in [-0.2, -0.15) is 0 Å². The molecule has 0 spiro atoms. The van der Waals surface area contributed by atoms with Crippen molar-refractivity contribution >= 4 is 23.2 Å². The number of fused-ring (bicyclic) bond motifs is 1. The minimum Gasteiger partial charge on any atom is -0.393 e. The van der Waals surface area contributed by atoms with Gasteiger partial charge in [0, 0.05) is 12.0 Å². The Morgan fingerprint density at radius 2 is 2.12 bits per heavy atom. The van der Waals surface area contributed by atoms with E-state index in [1.165, 1.54) is 5.56 Å². The average molecular weight is 272 g/mol. The zero-order valence-corrected chi connectivity index (χ0v) is 10.9. The topological polar surface area (TPSA) is 32.3 Å². The second-order valence-electron chi connectivity index (χ2n) is 5.21. The van der Waals surface area contributed by atoms with E-state index in [1.54, 1.807) is 0 Å². The van der Waals surface area contributed by atoms with Crippen LogP contribution in [-0.2, 0) is 5.41 Å². The van der Waals surface area contributed by atoms with Gasteiger partial charge in [-0.3, -0.25) is 0 Å². The van der Waals surface area contributed by atoms with Crippen LogP contribution in [-0.4, -0.2) is 24.3 Å². The zero-order valence-electron chi connectivity index (χ0n) is 9.42. The average Bonchev–Trinajstić information content (AvgIpc) is 2.78. The molecule has 2 aliphatic rings. The highest BCUT2D eigenvalue weighted by molar-refractivity contribution is 6.42. The maximum absolute atomic E-state index is 9.90. The van der Waals surface area contributed by atoms with E-state index in [0.29, 0.717) is 16.0 Å². The highest BCUT2D eigenvalue weighted by Crippen LogP contribution is 2.48. The van der Waals surface area contributed by atoms with Crippen LogP contribution in [0.5, 0.6) is 0 Å². The SMILES string of the molecule is O[C@H]1C[C@H]2CNC[C@@]2(c2ccc(Cl)c(Cl)c2)C1. The molecular weight excluding hydrogens is 257 g/mol. The standard InChI is InChI=1S/C13H15Cl2NO/c14-11-2-1-8(4-12(11)15)13-5-10(17)3-9(13)6-16-7-13/h1-2,4,9-10,16-17H,3,5-7H2/t9-,10-,13+/m0/s1. The number of aliphatic hydroxyl groups is 1. The Labute approximate surface area is 111 Å². The van der Waals surface area contributed by atoms with E-state index in [1.807, 2.05) is 18.2 Å². The van der Waals surface area contributed by atoms with Gasteiger partial charge in [-0.1, -0.05) is 29.3 Å². The Morgan fingerprint density at radius 3 is 2.88 bits per heavy atom. The van der Waals surface area contributed by atoms with Crippen molar-refractivity contribution in [2.24, 2.45) is 5.92 Å². The molecule has 1 heterocycles. The minimum atomic E-state index is -0.184. The van der Waals surface area contributed by atoms with Crippen LogP contribution in [0.4, 0.5) is 0 Å². The van der Waals surface area contributed by atoms with Crippen LogP contribution in [0, 0.1) is 5.92 Å². The maximum Gasteiger partial charge on any atom is 0.0595 e. The number of aliphatic hydroxyl groups excluding tert-OH is 1. The van der Waals surface area contributed by atoms with Crippen molar-refractivity contribution in [1.82, 2.24) is 5.32 Å². The van der Waals surface area contributed by atoms with E-state index in [4.69, 9.17) is 23.2 Å². The predicted octanol–water partition coefficient (Wildman–Crippen LogP) is 2.61. The maximum atomic E-state index is 9.90. The van der Waals surface area contributed by atoms with Crippen LogP contribution < -0.4 is 5.32 Å². The molecule has 1 aliphatic heterocycles. The van der Waals surface area contributed by atoms with Gasteiger partial charge in [0.05, 0.1) is 16.1 Å². The summed E-state index contributed by atoms with van der Waals surface area (Å²) < 4.78 is 0. The van der Waals surface area contributed by atoms with Crippen LogP contribution in [0.3, 0.4) is 0 Å². The molecule has 2 fully saturated rings. The Balaban J connectivity index is 2.04. The highest BCUT2D eigenvalue weighted by atomic mass is 35.5. The molecule has 0 unspecified atom stereocenters. The van der Waals surface area contributed by atoms with Gasteiger partial charge in [0.25, 0.3) is 0 Å². The van der Waals surface area contributed by atoms with Crippen molar-refractivity contribution in [3.63, 3.8) is 0 Å². The lowest BCUT2D eigenvalue weighted by molar-refractivity contribution is 0.170. The third-order valence-electron chi connectivity index (χ3n) is 4.26. The summed E-state index contributed by atoms with van der Waals surface area (Å²) in [6.45, 7) is 1.91. The first kappa shape index (κ1) is 11.8. The van der Waals surface area contributed by atoms with Crippen LogP contribution in [0.15, 0.2) is 18.2 Å². The molecule has 1 aromatic carbocycles. The molecule has 1 saturated carbocycles. The lowest BCUT2D eigenvalue weighted by atomic mass is 9.74. The number of benzene rings is 1. The Bertz CT molecular complexity index is 451. The van der Waals surface area contributed by atoms with Gasteiger partial charge in [-0.25, -0.2) is 0 Å². The Morgan fingerprint density at radius 1 is 1.29 bits per heavy atom. The molecule has 0 radical (unpaired) electrons. The highest BCUT2D eigenvalue weighted by Gasteiger charge is 2.50. The first-order valence-electron chi connectivity index (χ1n) is 5.96. The first-order valence-corrected chi connectivity index (χ1v) is 6.72. The second-order valence-corrected chi connectivity index (χ2v) is 6.02. The van der Waals surface area contributed by atoms with Crippen molar-refractivity contribution in [3.05, 3.63) is 33.8 Å². The molecule has 3 atom stereocenters. The van der Waals surface area contributed by atoms with E-state index in [-0.39, 0.29) is 11.5 Å². The number of rotatable bonds is 1. The van der Waals surface area contributed by atoms with Crippen molar-refractivity contribution in [2.45, 2.75) is 24.4 Å². The summed E-state index contributed by atoms with van der Waals surface area (Å²) in [5.74, 6) is 0.509. The number of hydrogen-bond donors (Lipinski definition) is 2. The lowest BCUT2D eigenvalue weighted by Crippen LogP contribution is -2.31. The zero-order chi connectivity index (χ0) is 12.0. The third-order valence-corrected chi connectivity index (χ3v) is 5.00. The summed E-state index contributed by atoms with van der Waals surface area (Å²) in [4.78, 5) is 0. The molecule has 4 heteroatoms. The molecule has 2 N–H and O–H groups in total. The van der Waals surface area contributed by atoms with Crippen LogP contribution in [0.2, 0.25) is 10.0 Å². The van der Waals surface area contributed by atoms with Gasteiger partial charge < -0.3 is 10.4 Å². The molecule has 0 amide bonds. The molecule has 2 nitrogen and oxygen atoms in total. The summed E-state index contributed by atoms with van der Waals surface area (Å²) in [6.07, 6.45) is 1.52. The van der Waals surface area contributed by atoms with Crippen molar-refractivity contribution in [3.8, 4) is 0 Å². The van der Waals surface area contributed by atoms with Gasteiger partial charge >= 0.3 is 0 Å². The summed E-state index contributed by atoms with van der Waals surface area (Å²) in [7, 11) is 0. The van der Waals surface area contributed by atoms with Gasteiger partial charge in [0.1, 0.15) is 0 Å². The third kappa shape index (κ3) is 1.78. The largest absolute Gasteiger partial charge is 0.393 e. The molecule has 0 aromatic heterocycles. The lowest BCUT2D eigenvalue weighted by Gasteiger charge is -2.29. The van der Waals surface area contributed by atoms with E-state index < -0.39 is 0 Å². The smallest absolute Gasteiger partial charge is 0.0595 e. The normalized spacial score (nSPS) is 36.2. The summed E-state index contributed by atoms with van der Waals surface area (Å²) in [6, 6.07) is 5.86. The Kier molecular flexibility index (Phi) is 2.86. The molecule has 1 aliphatic carbocycles. The van der Waals surface area contributed by atoms with Gasteiger partial charge in [0.2, 0.25) is 0 Å². The second kappa shape index (κ2) is 4.13. The first-order chi connectivity index (χ1) is 8.12. The summed E-state index contributed by atoms with van der Waals surface area (Å²) in [5.41, 5.74) is 1.26. The van der Waals surface area contributed by atoms with Gasteiger partial charge in [-0.15, -0.1) is 0 Å². The predicted molar refractivity (Wildman–Crippen MR) is 69.7 cm³/mol. The van der Waals surface area contributed by atoms with E-state index in [2.05, 4.69) is 5.32 Å². The fourth-order valence-corrected chi connectivity index (χ4v) is 3.75. The molecule has 3 rings (SSSR count). The van der Waals surface area contributed by atoms with Crippen molar-refractivity contribution in [2.75, 3.05) is 13.1 Å². The number of nitrogens with one attached hydrogen (secondary N) is 1. The summed E-state index contributed by atoms with van der Waals surface area (Å²) >= 11 is 12.1. The molecule has 17 heavy (non-hydrogen) atoms. The monoisotopic (exact) mass is 271 g/mol. The summed E-state index contributed by atoms with van der Waals surface area (Å²) in [5, 5.41) is 14.5.